The summed E-state index contributed by atoms with van der Waals surface area (Å²) < 4.78 is 3.31. The van der Waals surface area contributed by atoms with Crippen LogP contribution >= 0.6 is 0 Å². The number of carbonyl (C=O) groups excluding carboxylic acids is 1. The fourth-order valence-electron chi connectivity index (χ4n) is 4.73. The van der Waals surface area contributed by atoms with Gasteiger partial charge in [-0.3, -0.25) is 9.59 Å². The predicted octanol–water partition coefficient (Wildman–Crippen LogP) is 4.03. The molecule has 0 saturated heterocycles. The van der Waals surface area contributed by atoms with Crippen molar-refractivity contribution in [2.24, 2.45) is 0 Å². The van der Waals surface area contributed by atoms with E-state index in [2.05, 4.69) is 41.3 Å². The van der Waals surface area contributed by atoms with E-state index in [4.69, 9.17) is 0 Å². The first kappa shape index (κ1) is 24.7. The van der Waals surface area contributed by atoms with Crippen molar-refractivity contribution in [1.29, 1.82) is 0 Å². The van der Waals surface area contributed by atoms with E-state index in [9.17, 15) is 9.59 Å². The minimum atomic E-state index is -0.248. The van der Waals surface area contributed by atoms with Gasteiger partial charge in [-0.25, -0.2) is 4.68 Å². The number of hydrogen-bond acceptors (Lipinski definition) is 4. The van der Waals surface area contributed by atoms with E-state index in [1.807, 2.05) is 47.0 Å². The maximum atomic E-state index is 13.5. The van der Waals surface area contributed by atoms with Crippen LogP contribution in [-0.2, 0) is 17.9 Å². The summed E-state index contributed by atoms with van der Waals surface area (Å²) in [6, 6.07) is 18.1. The molecular formula is C28H35N5O2. The smallest absolute Gasteiger partial charge is 0.291 e. The second kappa shape index (κ2) is 11.8. The van der Waals surface area contributed by atoms with E-state index < -0.39 is 0 Å². The third-order valence-corrected chi connectivity index (χ3v) is 6.30. The lowest BCUT2D eigenvalue weighted by molar-refractivity contribution is -0.121. The number of para-hydroxylation sites is 1. The number of aromatic nitrogens is 3. The van der Waals surface area contributed by atoms with Crippen molar-refractivity contribution in [2.75, 3.05) is 26.2 Å². The third kappa shape index (κ3) is 5.80. The lowest BCUT2D eigenvalue weighted by Gasteiger charge is -2.20. The second-order valence-electron chi connectivity index (χ2n) is 9.00. The van der Waals surface area contributed by atoms with Crippen LogP contribution in [0.3, 0.4) is 0 Å². The molecule has 0 aliphatic heterocycles. The van der Waals surface area contributed by atoms with E-state index in [-0.39, 0.29) is 18.0 Å². The third-order valence-electron chi connectivity index (χ3n) is 6.30. The summed E-state index contributed by atoms with van der Waals surface area (Å²) in [5.41, 5.74) is 2.42. The van der Waals surface area contributed by atoms with Gasteiger partial charge >= 0.3 is 0 Å². The molecule has 0 unspecified atom stereocenters. The van der Waals surface area contributed by atoms with Crippen LogP contribution in [0.5, 0.6) is 0 Å². The predicted molar refractivity (Wildman–Crippen MR) is 142 cm³/mol. The SMILES string of the molecule is CCCN(CCC)CCCNC(=O)Cn1ncc2c3ccccc3n(Cc3ccccc3)c2c1=O. The molecule has 0 fully saturated rings. The first-order chi connectivity index (χ1) is 17.1. The molecule has 2 heterocycles. The van der Waals surface area contributed by atoms with E-state index in [0.717, 1.165) is 60.7 Å². The van der Waals surface area contributed by atoms with Crippen LogP contribution < -0.4 is 10.9 Å². The molecular weight excluding hydrogens is 438 g/mol. The Morgan fingerprint density at radius 3 is 2.40 bits per heavy atom. The number of benzene rings is 2. The minimum absolute atomic E-state index is 0.0880. The van der Waals surface area contributed by atoms with Crippen molar-refractivity contribution >= 4 is 27.7 Å². The summed E-state index contributed by atoms with van der Waals surface area (Å²) in [6.45, 7) is 8.57. The quantitative estimate of drug-likeness (QED) is 0.315. The number of nitrogens with one attached hydrogen (secondary N) is 1. The van der Waals surface area contributed by atoms with Gasteiger partial charge < -0.3 is 14.8 Å². The fourth-order valence-corrected chi connectivity index (χ4v) is 4.73. The van der Waals surface area contributed by atoms with Gasteiger partial charge in [-0.05, 0) is 50.5 Å². The van der Waals surface area contributed by atoms with Crippen LogP contribution in [-0.4, -0.2) is 51.3 Å². The second-order valence-corrected chi connectivity index (χ2v) is 9.00. The molecule has 2 aromatic carbocycles. The molecule has 7 nitrogen and oxygen atoms in total. The fraction of sp³-hybridized carbons (Fsp3) is 0.393. The number of carbonyl (C=O) groups is 1. The number of hydrogen-bond donors (Lipinski definition) is 1. The summed E-state index contributed by atoms with van der Waals surface area (Å²) in [5.74, 6) is -0.192. The van der Waals surface area contributed by atoms with Crippen molar-refractivity contribution in [3.63, 3.8) is 0 Å². The molecule has 4 aromatic rings. The minimum Gasteiger partial charge on any atom is -0.354 e. The van der Waals surface area contributed by atoms with Crippen molar-refractivity contribution in [2.45, 2.75) is 46.2 Å². The molecule has 2 aromatic heterocycles. The average molecular weight is 474 g/mol. The largest absolute Gasteiger partial charge is 0.354 e. The first-order valence-corrected chi connectivity index (χ1v) is 12.6. The number of amides is 1. The zero-order chi connectivity index (χ0) is 24.6. The number of nitrogens with zero attached hydrogens (tertiary/aromatic N) is 4. The van der Waals surface area contributed by atoms with Gasteiger partial charge in [0.2, 0.25) is 5.91 Å². The first-order valence-electron chi connectivity index (χ1n) is 12.6. The Morgan fingerprint density at radius 2 is 1.66 bits per heavy atom. The summed E-state index contributed by atoms with van der Waals surface area (Å²) in [4.78, 5) is 28.5. The normalized spacial score (nSPS) is 11.5. The molecule has 0 radical (unpaired) electrons. The van der Waals surface area contributed by atoms with Crippen molar-refractivity contribution in [3.05, 3.63) is 76.7 Å². The Hall–Kier alpha value is -3.45. The van der Waals surface area contributed by atoms with Gasteiger partial charge in [0.1, 0.15) is 12.1 Å². The molecule has 35 heavy (non-hydrogen) atoms. The Morgan fingerprint density at radius 1 is 0.943 bits per heavy atom. The molecule has 0 aliphatic carbocycles. The molecule has 1 amide bonds. The Bertz CT molecular complexity index is 1320. The molecule has 184 valence electrons. The molecule has 0 bridgehead atoms. The van der Waals surface area contributed by atoms with Crippen LogP contribution in [0.1, 0.15) is 38.7 Å². The molecule has 0 spiro atoms. The van der Waals surface area contributed by atoms with Crippen LogP contribution in [0.25, 0.3) is 21.8 Å². The molecule has 4 rings (SSSR count). The Labute approximate surface area is 206 Å². The molecule has 0 aliphatic rings. The zero-order valence-corrected chi connectivity index (χ0v) is 20.7. The van der Waals surface area contributed by atoms with Crippen molar-refractivity contribution in [3.8, 4) is 0 Å². The Balaban J connectivity index is 1.52. The lowest BCUT2D eigenvalue weighted by Crippen LogP contribution is -2.36. The van der Waals surface area contributed by atoms with Gasteiger partial charge in [-0.2, -0.15) is 5.10 Å². The van der Waals surface area contributed by atoms with Crippen molar-refractivity contribution < 1.29 is 4.79 Å². The number of fused-ring (bicyclic) bond motifs is 3. The lowest BCUT2D eigenvalue weighted by atomic mass is 10.2. The molecule has 0 atom stereocenters. The summed E-state index contributed by atoms with van der Waals surface area (Å²) in [5, 5.41) is 9.10. The Kier molecular flexibility index (Phi) is 8.32. The summed E-state index contributed by atoms with van der Waals surface area (Å²) in [6.07, 6.45) is 4.86. The van der Waals surface area contributed by atoms with Gasteiger partial charge in [0, 0.05) is 29.4 Å². The number of rotatable bonds is 12. The highest BCUT2D eigenvalue weighted by atomic mass is 16.2. The zero-order valence-electron chi connectivity index (χ0n) is 20.7. The van der Waals surface area contributed by atoms with Crippen LogP contribution in [0, 0.1) is 0 Å². The maximum Gasteiger partial charge on any atom is 0.291 e. The van der Waals surface area contributed by atoms with Crippen LogP contribution in [0.2, 0.25) is 0 Å². The van der Waals surface area contributed by atoms with E-state index in [1.54, 1.807) is 6.20 Å². The van der Waals surface area contributed by atoms with Gasteiger partial charge in [0.25, 0.3) is 5.56 Å². The molecule has 0 saturated carbocycles. The highest BCUT2D eigenvalue weighted by Crippen LogP contribution is 2.27. The van der Waals surface area contributed by atoms with Gasteiger partial charge in [0.15, 0.2) is 0 Å². The average Bonchev–Trinajstić information content (AvgIpc) is 3.18. The van der Waals surface area contributed by atoms with E-state index in [1.165, 1.54) is 4.68 Å². The van der Waals surface area contributed by atoms with E-state index in [0.29, 0.717) is 18.6 Å². The van der Waals surface area contributed by atoms with Crippen LogP contribution in [0.4, 0.5) is 0 Å². The monoisotopic (exact) mass is 473 g/mol. The molecule has 7 heteroatoms. The van der Waals surface area contributed by atoms with E-state index >= 15 is 0 Å². The van der Waals surface area contributed by atoms with Crippen LogP contribution in [0.15, 0.2) is 65.6 Å². The van der Waals surface area contributed by atoms with Gasteiger partial charge in [0.05, 0.1) is 6.20 Å². The highest BCUT2D eigenvalue weighted by molar-refractivity contribution is 6.07. The standard InChI is InChI=1S/C28H35N5O2/c1-3-16-31(17-4-2)18-10-15-29-26(34)21-33-28(35)27-24(19-30-33)23-13-8-9-14-25(23)32(27)20-22-11-6-5-7-12-22/h5-9,11-14,19H,3-4,10,15-18,20-21H2,1-2H3,(H,29,34). The maximum absolute atomic E-state index is 13.5. The van der Waals surface area contributed by atoms with Gasteiger partial charge in [-0.1, -0.05) is 62.4 Å². The van der Waals surface area contributed by atoms with Gasteiger partial charge in [-0.15, -0.1) is 0 Å². The summed E-state index contributed by atoms with van der Waals surface area (Å²) in [7, 11) is 0. The summed E-state index contributed by atoms with van der Waals surface area (Å²) >= 11 is 0. The van der Waals surface area contributed by atoms with Crippen molar-refractivity contribution in [1.82, 2.24) is 24.6 Å². The molecule has 1 N–H and O–H groups in total. The topological polar surface area (TPSA) is 72.2 Å². The highest BCUT2D eigenvalue weighted by Gasteiger charge is 2.17.